The molecule has 0 saturated heterocycles. The van der Waals surface area contributed by atoms with Crippen molar-refractivity contribution in [3.8, 4) is 5.69 Å². The molecule has 1 aliphatic rings. The molecule has 76 valence electrons. The van der Waals surface area contributed by atoms with Crippen LogP contribution < -0.4 is 5.73 Å². The van der Waals surface area contributed by atoms with Crippen molar-refractivity contribution >= 4 is 5.69 Å². The number of hydrogen-bond acceptors (Lipinski definition) is 2. The summed E-state index contributed by atoms with van der Waals surface area (Å²) in [6.45, 7) is 0. The fourth-order valence-electron chi connectivity index (χ4n) is 2.22. The number of aryl methyl sites for hydroxylation is 1. The Bertz CT molecular complexity index is 499. The molecule has 0 fully saturated rings. The standard InChI is InChI=1S/C12H13N3/c13-10-5-1-2-6-12(10)15-11-7-3-4-9(11)8-14-15/h1-2,5-6,8H,3-4,7,13H2. The van der Waals surface area contributed by atoms with Crippen LogP contribution >= 0.6 is 0 Å². The van der Waals surface area contributed by atoms with Crippen molar-refractivity contribution in [3.05, 3.63) is 41.7 Å². The van der Waals surface area contributed by atoms with Gasteiger partial charge in [0, 0.05) is 5.69 Å². The van der Waals surface area contributed by atoms with E-state index in [4.69, 9.17) is 5.73 Å². The molecule has 2 aromatic rings. The number of nitrogen functional groups attached to an aromatic ring is 1. The molecular weight excluding hydrogens is 186 g/mol. The summed E-state index contributed by atoms with van der Waals surface area (Å²) in [4.78, 5) is 0. The Morgan fingerprint density at radius 2 is 2.07 bits per heavy atom. The van der Waals surface area contributed by atoms with Crippen molar-refractivity contribution in [2.45, 2.75) is 19.3 Å². The van der Waals surface area contributed by atoms with Crippen LogP contribution in [-0.2, 0) is 12.8 Å². The summed E-state index contributed by atoms with van der Waals surface area (Å²) in [5.41, 5.74) is 10.4. The molecule has 0 unspecified atom stereocenters. The van der Waals surface area contributed by atoms with Gasteiger partial charge in [0.05, 0.1) is 17.6 Å². The highest BCUT2D eigenvalue weighted by atomic mass is 15.3. The Morgan fingerprint density at radius 3 is 2.93 bits per heavy atom. The number of anilines is 1. The minimum absolute atomic E-state index is 0.787. The number of fused-ring (bicyclic) bond motifs is 1. The van der Waals surface area contributed by atoms with Crippen LogP contribution in [0.25, 0.3) is 5.69 Å². The van der Waals surface area contributed by atoms with Gasteiger partial charge >= 0.3 is 0 Å². The van der Waals surface area contributed by atoms with E-state index in [0.29, 0.717) is 0 Å². The van der Waals surface area contributed by atoms with Crippen LogP contribution in [0.4, 0.5) is 5.69 Å². The number of para-hydroxylation sites is 2. The molecule has 0 aliphatic heterocycles. The number of aromatic nitrogens is 2. The van der Waals surface area contributed by atoms with E-state index < -0.39 is 0 Å². The lowest BCUT2D eigenvalue weighted by molar-refractivity contribution is 0.786. The SMILES string of the molecule is Nc1ccccc1-n1ncc2c1CCC2. The van der Waals surface area contributed by atoms with Crippen molar-refractivity contribution in [1.82, 2.24) is 9.78 Å². The molecule has 0 amide bonds. The normalized spacial score (nSPS) is 14.1. The van der Waals surface area contributed by atoms with Crippen LogP contribution in [0.5, 0.6) is 0 Å². The summed E-state index contributed by atoms with van der Waals surface area (Å²) in [5, 5.41) is 4.41. The maximum Gasteiger partial charge on any atom is 0.0878 e. The molecule has 15 heavy (non-hydrogen) atoms. The second-order valence-electron chi connectivity index (χ2n) is 3.94. The van der Waals surface area contributed by atoms with Crippen molar-refractivity contribution in [2.75, 3.05) is 5.73 Å². The van der Waals surface area contributed by atoms with E-state index in [1.165, 1.54) is 17.7 Å². The summed E-state index contributed by atoms with van der Waals surface area (Å²) in [5.74, 6) is 0. The monoisotopic (exact) mass is 199 g/mol. The topological polar surface area (TPSA) is 43.8 Å². The molecule has 0 bridgehead atoms. The molecule has 0 saturated carbocycles. The first kappa shape index (κ1) is 8.53. The van der Waals surface area contributed by atoms with E-state index in [1.807, 2.05) is 35.1 Å². The van der Waals surface area contributed by atoms with E-state index in [2.05, 4.69) is 5.10 Å². The van der Waals surface area contributed by atoms with Crippen LogP contribution in [-0.4, -0.2) is 9.78 Å². The zero-order valence-electron chi connectivity index (χ0n) is 8.48. The van der Waals surface area contributed by atoms with Crippen LogP contribution in [0.3, 0.4) is 0 Å². The molecule has 1 aromatic heterocycles. The molecule has 0 radical (unpaired) electrons. The Balaban J connectivity index is 2.17. The van der Waals surface area contributed by atoms with E-state index in [9.17, 15) is 0 Å². The summed E-state index contributed by atoms with van der Waals surface area (Å²) >= 11 is 0. The Hall–Kier alpha value is -1.77. The first-order valence-corrected chi connectivity index (χ1v) is 5.27. The number of rotatable bonds is 1. The third-order valence-electron chi connectivity index (χ3n) is 2.98. The van der Waals surface area contributed by atoms with Crippen molar-refractivity contribution in [3.63, 3.8) is 0 Å². The Labute approximate surface area is 88.5 Å². The van der Waals surface area contributed by atoms with Crippen LogP contribution in [0.2, 0.25) is 0 Å². The lowest BCUT2D eigenvalue weighted by Gasteiger charge is -2.07. The summed E-state index contributed by atoms with van der Waals surface area (Å²) in [7, 11) is 0. The highest BCUT2D eigenvalue weighted by Crippen LogP contribution is 2.26. The van der Waals surface area contributed by atoms with Crippen molar-refractivity contribution in [1.29, 1.82) is 0 Å². The highest BCUT2D eigenvalue weighted by Gasteiger charge is 2.17. The number of nitrogens with zero attached hydrogens (tertiary/aromatic N) is 2. The summed E-state index contributed by atoms with van der Waals surface area (Å²) in [6.07, 6.45) is 5.47. The Kier molecular flexibility index (Phi) is 1.78. The molecule has 1 aromatic carbocycles. The minimum Gasteiger partial charge on any atom is -0.397 e. The van der Waals surface area contributed by atoms with Gasteiger partial charge in [0.15, 0.2) is 0 Å². The highest BCUT2D eigenvalue weighted by molar-refractivity contribution is 5.58. The first-order valence-electron chi connectivity index (χ1n) is 5.27. The van der Waals surface area contributed by atoms with Gasteiger partial charge in [0.25, 0.3) is 0 Å². The maximum atomic E-state index is 5.95. The lowest BCUT2D eigenvalue weighted by Crippen LogP contribution is -2.04. The number of benzene rings is 1. The molecular formula is C12H13N3. The smallest absolute Gasteiger partial charge is 0.0878 e. The molecule has 1 heterocycles. The predicted octanol–water partition coefficient (Wildman–Crippen LogP) is 1.94. The van der Waals surface area contributed by atoms with Gasteiger partial charge in [-0.25, -0.2) is 4.68 Å². The van der Waals surface area contributed by atoms with Gasteiger partial charge in [-0.05, 0) is 37.0 Å². The van der Waals surface area contributed by atoms with Gasteiger partial charge in [-0.15, -0.1) is 0 Å². The van der Waals surface area contributed by atoms with E-state index in [1.54, 1.807) is 0 Å². The van der Waals surface area contributed by atoms with Gasteiger partial charge in [0.2, 0.25) is 0 Å². The fourth-order valence-corrected chi connectivity index (χ4v) is 2.22. The predicted molar refractivity (Wildman–Crippen MR) is 60.0 cm³/mol. The first-order chi connectivity index (χ1) is 7.36. The number of nitrogens with two attached hydrogens (primary N) is 1. The third kappa shape index (κ3) is 1.23. The second kappa shape index (κ2) is 3.12. The van der Waals surface area contributed by atoms with Gasteiger partial charge in [-0.3, -0.25) is 0 Å². The average molecular weight is 199 g/mol. The van der Waals surface area contributed by atoms with Gasteiger partial charge in [0.1, 0.15) is 0 Å². The van der Waals surface area contributed by atoms with Crippen molar-refractivity contribution < 1.29 is 0 Å². The second-order valence-corrected chi connectivity index (χ2v) is 3.94. The van der Waals surface area contributed by atoms with E-state index in [-0.39, 0.29) is 0 Å². The van der Waals surface area contributed by atoms with Crippen LogP contribution in [0, 0.1) is 0 Å². The van der Waals surface area contributed by atoms with Crippen LogP contribution in [0.1, 0.15) is 17.7 Å². The maximum absolute atomic E-state index is 5.95. The molecule has 2 N–H and O–H groups in total. The average Bonchev–Trinajstić information content (AvgIpc) is 2.80. The van der Waals surface area contributed by atoms with Gasteiger partial charge in [-0.1, -0.05) is 12.1 Å². The lowest BCUT2D eigenvalue weighted by atomic mass is 10.2. The van der Waals surface area contributed by atoms with Crippen LogP contribution in [0.15, 0.2) is 30.5 Å². The number of hydrogen-bond donors (Lipinski definition) is 1. The summed E-state index contributed by atoms with van der Waals surface area (Å²) in [6, 6.07) is 7.87. The molecule has 0 atom stereocenters. The molecule has 3 rings (SSSR count). The fraction of sp³-hybridized carbons (Fsp3) is 0.250. The van der Waals surface area contributed by atoms with Gasteiger partial charge < -0.3 is 5.73 Å². The zero-order valence-corrected chi connectivity index (χ0v) is 8.48. The van der Waals surface area contributed by atoms with E-state index >= 15 is 0 Å². The minimum atomic E-state index is 0.787. The van der Waals surface area contributed by atoms with Gasteiger partial charge in [-0.2, -0.15) is 5.10 Å². The zero-order chi connectivity index (χ0) is 10.3. The van der Waals surface area contributed by atoms with Crippen molar-refractivity contribution in [2.24, 2.45) is 0 Å². The Morgan fingerprint density at radius 1 is 1.20 bits per heavy atom. The van der Waals surface area contributed by atoms with E-state index in [0.717, 1.165) is 24.2 Å². The largest absolute Gasteiger partial charge is 0.397 e. The summed E-state index contributed by atoms with van der Waals surface area (Å²) < 4.78 is 1.98. The molecule has 0 spiro atoms. The molecule has 3 nitrogen and oxygen atoms in total. The quantitative estimate of drug-likeness (QED) is 0.713. The molecule has 1 aliphatic carbocycles. The third-order valence-corrected chi connectivity index (χ3v) is 2.98. The molecule has 3 heteroatoms.